The third-order valence-corrected chi connectivity index (χ3v) is 3.44. The van der Waals surface area contributed by atoms with Crippen molar-refractivity contribution in [1.29, 1.82) is 5.26 Å². The second kappa shape index (κ2) is 8.53. The topological polar surface area (TPSA) is 100 Å². The van der Waals surface area contributed by atoms with Gasteiger partial charge in [-0.2, -0.15) is 5.26 Å². The molecule has 2 rings (SSSR count). The SMILES string of the molecule is COc1cc(C#N)ccc1O[C@@H](C)C(=O)Nc1ccc(NC(C)=O)cc1. The van der Waals surface area contributed by atoms with E-state index in [4.69, 9.17) is 14.7 Å². The minimum atomic E-state index is -0.785. The Balaban J connectivity index is 2.01. The summed E-state index contributed by atoms with van der Waals surface area (Å²) in [5, 5.41) is 14.3. The number of methoxy groups -OCH3 is 1. The summed E-state index contributed by atoms with van der Waals surface area (Å²) >= 11 is 0. The Morgan fingerprint density at radius 1 is 1.04 bits per heavy atom. The van der Waals surface area contributed by atoms with Gasteiger partial charge in [-0.05, 0) is 43.3 Å². The molecular formula is C19H19N3O4. The van der Waals surface area contributed by atoms with E-state index in [0.717, 1.165) is 0 Å². The first-order valence-electron chi connectivity index (χ1n) is 7.86. The lowest BCUT2D eigenvalue weighted by molar-refractivity contribution is -0.122. The third-order valence-electron chi connectivity index (χ3n) is 3.44. The van der Waals surface area contributed by atoms with Crippen molar-refractivity contribution in [1.82, 2.24) is 0 Å². The molecule has 0 aromatic heterocycles. The predicted molar refractivity (Wildman–Crippen MR) is 97.2 cm³/mol. The van der Waals surface area contributed by atoms with Crippen LogP contribution in [-0.2, 0) is 9.59 Å². The van der Waals surface area contributed by atoms with Crippen LogP contribution in [0.2, 0.25) is 0 Å². The van der Waals surface area contributed by atoms with E-state index in [2.05, 4.69) is 10.6 Å². The standard InChI is InChI=1S/C19H19N3O4/c1-12(26-17-9-4-14(11-20)10-18(17)25-3)19(24)22-16-7-5-15(6-8-16)21-13(2)23/h4-10,12H,1-3H3,(H,21,23)(H,22,24)/t12-/m0/s1. The maximum Gasteiger partial charge on any atom is 0.265 e. The molecule has 134 valence electrons. The van der Waals surface area contributed by atoms with E-state index >= 15 is 0 Å². The Labute approximate surface area is 151 Å². The number of rotatable bonds is 6. The van der Waals surface area contributed by atoms with E-state index in [1.807, 2.05) is 6.07 Å². The Kier molecular flexibility index (Phi) is 6.17. The monoisotopic (exact) mass is 353 g/mol. The van der Waals surface area contributed by atoms with Crippen LogP contribution in [0, 0.1) is 11.3 Å². The molecule has 1 atom stereocenters. The van der Waals surface area contributed by atoms with E-state index in [9.17, 15) is 9.59 Å². The minimum Gasteiger partial charge on any atom is -0.493 e. The molecule has 2 amide bonds. The first kappa shape index (κ1) is 18.8. The van der Waals surface area contributed by atoms with Gasteiger partial charge in [-0.1, -0.05) is 0 Å². The van der Waals surface area contributed by atoms with Crippen molar-refractivity contribution in [3.8, 4) is 17.6 Å². The molecule has 7 nitrogen and oxygen atoms in total. The van der Waals surface area contributed by atoms with Crippen molar-refractivity contribution in [2.24, 2.45) is 0 Å². The van der Waals surface area contributed by atoms with E-state index in [1.165, 1.54) is 14.0 Å². The second-order valence-corrected chi connectivity index (χ2v) is 5.49. The van der Waals surface area contributed by atoms with Gasteiger partial charge in [0.2, 0.25) is 5.91 Å². The lowest BCUT2D eigenvalue weighted by Gasteiger charge is -2.17. The first-order valence-corrected chi connectivity index (χ1v) is 7.86. The van der Waals surface area contributed by atoms with Crippen molar-refractivity contribution in [2.75, 3.05) is 17.7 Å². The summed E-state index contributed by atoms with van der Waals surface area (Å²) in [6, 6.07) is 13.5. The van der Waals surface area contributed by atoms with Gasteiger partial charge >= 0.3 is 0 Å². The van der Waals surface area contributed by atoms with Gasteiger partial charge in [0.25, 0.3) is 5.91 Å². The number of amides is 2. The molecule has 0 bridgehead atoms. The van der Waals surface area contributed by atoms with Crippen LogP contribution in [0.15, 0.2) is 42.5 Å². The van der Waals surface area contributed by atoms with E-state index < -0.39 is 6.10 Å². The maximum absolute atomic E-state index is 12.3. The number of carbonyl (C=O) groups is 2. The highest BCUT2D eigenvalue weighted by Crippen LogP contribution is 2.29. The van der Waals surface area contributed by atoms with Gasteiger partial charge in [-0.25, -0.2) is 0 Å². The van der Waals surface area contributed by atoms with Crippen molar-refractivity contribution in [2.45, 2.75) is 20.0 Å². The molecule has 7 heteroatoms. The summed E-state index contributed by atoms with van der Waals surface area (Å²) in [5.41, 5.74) is 1.65. The van der Waals surface area contributed by atoms with E-state index in [1.54, 1.807) is 49.4 Å². The number of nitrogens with one attached hydrogen (secondary N) is 2. The molecule has 0 aliphatic carbocycles. The van der Waals surface area contributed by atoms with Gasteiger partial charge in [-0.3, -0.25) is 9.59 Å². The molecule has 0 heterocycles. The van der Waals surface area contributed by atoms with Crippen LogP contribution in [0.1, 0.15) is 19.4 Å². The highest BCUT2D eigenvalue weighted by molar-refractivity contribution is 5.94. The maximum atomic E-state index is 12.3. The number of ether oxygens (including phenoxy) is 2. The van der Waals surface area contributed by atoms with Gasteiger partial charge < -0.3 is 20.1 Å². The Hall–Kier alpha value is -3.53. The summed E-state index contributed by atoms with van der Waals surface area (Å²) in [7, 11) is 1.46. The molecule has 26 heavy (non-hydrogen) atoms. The van der Waals surface area contributed by atoms with Gasteiger partial charge in [0.05, 0.1) is 18.7 Å². The van der Waals surface area contributed by atoms with E-state index in [-0.39, 0.29) is 11.8 Å². The molecule has 2 aromatic rings. The van der Waals surface area contributed by atoms with Crippen LogP contribution in [0.5, 0.6) is 11.5 Å². The third kappa shape index (κ3) is 4.98. The lowest BCUT2D eigenvalue weighted by atomic mass is 10.2. The van der Waals surface area contributed by atoms with Gasteiger partial charge in [-0.15, -0.1) is 0 Å². The molecule has 0 aliphatic heterocycles. The Morgan fingerprint density at radius 3 is 2.19 bits per heavy atom. The number of nitriles is 1. The molecular weight excluding hydrogens is 334 g/mol. The average molecular weight is 353 g/mol. The van der Waals surface area contributed by atoms with Crippen LogP contribution < -0.4 is 20.1 Å². The molecule has 0 spiro atoms. The van der Waals surface area contributed by atoms with Crippen molar-refractivity contribution in [3.05, 3.63) is 48.0 Å². The van der Waals surface area contributed by atoms with Crippen LogP contribution in [0.25, 0.3) is 0 Å². The van der Waals surface area contributed by atoms with Crippen molar-refractivity contribution in [3.63, 3.8) is 0 Å². The summed E-state index contributed by atoms with van der Waals surface area (Å²) in [5.74, 6) is 0.238. The fourth-order valence-electron chi connectivity index (χ4n) is 2.16. The minimum absolute atomic E-state index is 0.167. The van der Waals surface area contributed by atoms with Crippen LogP contribution in [-0.4, -0.2) is 25.0 Å². The molecule has 0 saturated heterocycles. The smallest absolute Gasteiger partial charge is 0.265 e. The average Bonchev–Trinajstić information content (AvgIpc) is 2.63. The molecule has 0 fully saturated rings. The number of nitrogens with zero attached hydrogens (tertiary/aromatic N) is 1. The summed E-state index contributed by atoms with van der Waals surface area (Å²) in [4.78, 5) is 23.3. The number of hydrogen-bond donors (Lipinski definition) is 2. The molecule has 0 radical (unpaired) electrons. The lowest BCUT2D eigenvalue weighted by Crippen LogP contribution is -2.30. The quantitative estimate of drug-likeness (QED) is 0.831. The first-order chi connectivity index (χ1) is 12.4. The van der Waals surface area contributed by atoms with Crippen molar-refractivity contribution < 1.29 is 19.1 Å². The number of carbonyl (C=O) groups excluding carboxylic acids is 2. The molecule has 2 N–H and O–H groups in total. The Morgan fingerprint density at radius 2 is 1.65 bits per heavy atom. The second-order valence-electron chi connectivity index (χ2n) is 5.49. The predicted octanol–water partition coefficient (Wildman–Crippen LogP) is 2.93. The number of benzene rings is 2. The molecule has 0 unspecified atom stereocenters. The number of hydrogen-bond acceptors (Lipinski definition) is 5. The van der Waals surface area contributed by atoms with Gasteiger partial charge in [0.1, 0.15) is 0 Å². The molecule has 0 saturated carbocycles. The fourth-order valence-corrected chi connectivity index (χ4v) is 2.16. The van der Waals surface area contributed by atoms with E-state index in [0.29, 0.717) is 28.4 Å². The summed E-state index contributed by atoms with van der Waals surface area (Å²) < 4.78 is 10.8. The zero-order valence-electron chi connectivity index (χ0n) is 14.7. The highest BCUT2D eigenvalue weighted by atomic mass is 16.5. The Bertz CT molecular complexity index is 841. The summed E-state index contributed by atoms with van der Waals surface area (Å²) in [6.07, 6.45) is -0.785. The zero-order chi connectivity index (χ0) is 19.1. The van der Waals surface area contributed by atoms with Gasteiger partial charge in [0.15, 0.2) is 17.6 Å². The highest BCUT2D eigenvalue weighted by Gasteiger charge is 2.17. The van der Waals surface area contributed by atoms with Crippen LogP contribution in [0.3, 0.4) is 0 Å². The molecule has 0 aliphatic rings. The normalized spacial score (nSPS) is 11.0. The summed E-state index contributed by atoms with van der Waals surface area (Å²) in [6.45, 7) is 3.03. The van der Waals surface area contributed by atoms with Crippen LogP contribution in [0.4, 0.5) is 11.4 Å². The van der Waals surface area contributed by atoms with Crippen molar-refractivity contribution >= 4 is 23.2 Å². The fraction of sp³-hybridized carbons (Fsp3) is 0.211. The number of anilines is 2. The zero-order valence-corrected chi connectivity index (χ0v) is 14.7. The van der Waals surface area contributed by atoms with Crippen LogP contribution >= 0.6 is 0 Å². The van der Waals surface area contributed by atoms with Gasteiger partial charge in [0, 0.05) is 24.4 Å². The largest absolute Gasteiger partial charge is 0.493 e. The molecule has 2 aromatic carbocycles.